The van der Waals surface area contributed by atoms with Crippen molar-refractivity contribution in [2.75, 3.05) is 11.1 Å². The molecule has 0 heterocycles. The molecule has 0 bridgehead atoms. The SMILES string of the molecule is Cc1ccc(NC(=O)C(C)OC(=O)c2ccc(N)cc2)cc1Cl. The summed E-state index contributed by atoms with van der Waals surface area (Å²) in [5.41, 5.74) is 7.89. The first-order valence-corrected chi connectivity index (χ1v) is 7.38. The second-order valence-electron chi connectivity index (χ2n) is 5.12. The Balaban J connectivity index is 1.97. The van der Waals surface area contributed by atoms with Crippen molar-refractivity contribution in [2.45, 2.75) is 20.0 Å². The standard InChI is InChI=1S/C17H17ClN2O3/c1-10-3-8-14(9-15(10)18)20-16(21)11(2)23-17(22)12-4-6-13(19)7-5-12/h3-9,11H,19H2,1-2H3,(H,20,21). The molecule has 1 amide bonds. The first-order chi connectivity index (χ1) is 10.9. The van der Waals surface area contributed by atoms with Crippen molar-refractivity contribution in [3.8, 4) is 0 Å². The number of halogens is 1. The number of ether oxygens (including phenoxy) is 1. The predicted octanol–water partition coefficient (Wildman–Crippen LogP) is 3.41. The molecule has 0 aromatic heterocycles. The van der Waals surface area contributed by atoms with Gasteiger partial charge in [0.1, 0.15) is 0 Å². The van der Waals surface area contributed by atoms with Crippen molar-refractivity contribution in [2.24, 2.45) is 0 Å². The number of carbonyl (C=O) groups excluding carboxylic acids is 2. The molecule has 0 spiro atoms. The molecular weight excluding hydrogens is 316 g/mol. The maximum atomic E-state index is 12.1. The Labute approximate surface area is 139 Å². The Morgan fingerprint density at radius 2 is 1.83 bits per heavy atom. The van der Waals surface area contributed by atoms with Crippen LogP contribution in [0.4, 0.5) is 11.4 Å². The van der Waals surface area contributed by atoms with Gasteiger partial charge in [-0.15, -0.1) is 0 Å². The Kier molecular flexibility index (Phi) is 5.24. The zero-order valence-electron chi connectivity index (χ0n) is 12.8. The van der Waals surface area contributed by atoms with Crippen LogP contribution in [0, 0.1) is 6.92 Å². The molecule has 1 atom stereocenters. The maximum absolute atomic E-state index is 12.1. The smallest absolute Gasteiger partial charge is 0.338 e. The molecule has 2 aromatic carbocycles. The highest BCUT2D eigenvalue weighted by Crippen LogP contribution is 2.20. The van der Waals surface area contributed by atoms with Gasteiger partial charge < -0.3 is 15.8 Å². The monoisotopic (exact) mass is 332 g/mol. The highest BCUT2D eigenvalue weighted by molar-refractivity contribution is 6.31. The largest absolute Gasteiger partial charge is 0.449 e. The lowest BCUT2D eigenvalue weighted by atomic mass is 10.2. The number of hydrogen-bond acceptors (Lipinski definition) is 4. The highest BCUT2D eigenvalue weighted by Gasteiger charge is 2.19. The molecule has 0 aliphatic heterocycles. The number of hydrogen-bond donors (Lipinski definition) is 2. The molecule has 0 saturated heterocycles. The molecule has 0 saturated carbocycles. The first-order valence-electron chi connectivity index (χ1n) is 7.00. The van der Waals surface area contributed by atoms with Crippen molar-refractivity contribution in [1.82, 2.24) is 0 Å². The molecular formula is C17H17ClN2O3. The van der Waals surface area contributed by atoms with E-state index in [1.165, 1.54) is 6.92 Å². The van der Waals surface area contributed by atoms with E-state index in [0.717, 1.165) is 5.56 Å². The van der Waals surface area contributed by atoms with Crippen LogP contribution in [0.2, 0.25) is 5.02 Å². The molecule has 1 unspecified atom stereocenters. The van der Waals surface area contributed by atoms with Crippen LogP contribution >= 0.6 is 11.6 Å². The summed E-state index contributed by atoms with van der Waals surface area (Å²) in [6, 6.07) is 11.4. The van der Waals surface area contributed by atoms with Crippen LogP contribution in [0.5, 0.6) is 0 Å². The quantitative estimate of drug-likeness (QED) is 0.664. The normalized spacial score (nSPS) is 11.6. The van der Waals surface area contributed by atoms with E-state index in [1.54, 1.807) is 42.5 Å². The van der Waals surface area contributed by atoms with Crippen molar-refractivity contribution < 1.29 is 14.3 Å². The van der Waals surface area contributed by atoms with Gasteiger partial charge in [0.05, 0.1) is 5.56 Å². The summed E-state index contributed by atoms with van der Waals surface area (Å²) in [4.78, 5) is 24.0. The molecule has 3 N–H and O–H groups in total. The molecule has 5 nitrogen and oxygen atoms in total. The summed E-state index contributed by atoms with van der Waals surface area (Å²) in [5.74, 6) is -1.02. The third-order valence-corrected chi connectivity index (χ3v) is 3.65. The number of rotatable bonds is 4. The second kappa shape index (κ2) is 7.15. The van der Waals surface area contributed by atoms with Crippen LogP contribution in [0.15, 0.2) is 42.5 Å². The van der Waals surface area contributed by atoms with E-state index in [4.69, 9.17) is 22.1 Å². The Morgan fingerprint density at radius 1 is 1.17 bits per heavy atom. The molecule has 6 heteroatoms. The van der Waals surface area contributed by atoms with Crippen LogP contribution in [0.25, 0.3) is 0 Å². The third kappa shape index (κ3) is 4.47. The molecule has 0 radical (unpaired) electrons. The number of nitrogen functional groups attached to an aromatic ring is 1. The summed E-state index contributed by atoms with van der Waals surface area (Å²) in [6.45, 7) is 3.37. The summed E-state index contributed by atoms with van der Waals surface area (Å²) < 4.78 is 5.14. The van der Waals surface area contributed by atoms with E-state index in [-0.39, 0.29) is 0 Å². The molecule has 0 aliphatic rings. The van der Waals surface area contributed by atoms with Gasteiger partial charge in [-0.3, -0.25) is 4.79 Å². The lowest BCUT2D eigenvalue weighted by molar-refractivity contribution is -0.123. The van der Waals surface area contributed by atoms with Gasteiger partial charge >= 0.3 is 5.97 Å². The number of aryl methyl sites for hydroxylation is 1. The van der Waals surface area contributed by atoms with Gasteiger partial charge in [0, 0.05) is 16.4 Å². The molecule has 0 aliphatic carbocycles. The van der Waals surface area contributed by atoms with Gasteiger partial charge in [0.15, 0.2) is 6.10 Å². The zero-order chi connectivity index (χ0) is 17.0. The topological polar surface area (TPSA) is 81.4 Å². The van der Waals surface area contributed by atoms with Gasteiger partial charge in [-0.2, -0.15) is 0 Å². The lowest BCUT2D eigenvalue weighted by Gasteiger charge is -2.14. The minimum absolute atomic E-state index is 0.331. The van der Waals surface area contributed by atoms with E-state index in [1.807, 2.05) is 6.92 Å². The lowest BCUT2D eigenvalue weighted by Crippen LogP contribution is -2.30. The minimum Gasteiger partial charge on any atom is -0.449 e. The average Bonchev–Trinajstić information content (AvgIpc) is 2.51. The fourth-order valence-electron chi connectivity index (χ4n) is 1.82. The molecule has 0 fully saturated rings. The van der Waals surface area contributed by atoms with Crippen LogP contribution in [-0.2, 0) is 9.53 Å². The fourth-order valence-corrected chi connectivity index (χ4v) is 2.00. The van der Waals surface area contributed by atoms with Crippen molar-refractivity contribution >= 4 is 34.9 Å². The molecule has 2 rings (SSSR count). The highest BCUT2D eigenvalue weighted by atomic mass is 35.5. The van der Waals surface area contributed by atoms with Gasteiger partial charge in [-0.1, -0.05) is 17.7 Å². The summed E-state index contributed by atoms with van der Waals surface area (Å²) in [5, 5.41) is 3.21. The van der Waals surface area contributed by atoms with Gasteiger partial charge in [0.25, 0.3) is 5.91 Å². The van der Waals surface area contributed by atoms with Gasteiger partial charge in [-0.25, -0.2) is 4.79 Å². The van der Waals surface area contributed by atoms with E-state index in [0.29, 0.717) is 22.0 Å². The first kappa shape index (κ1) is 16.8. The second-order valence-corrected chi connectivity index (χ2v) is 5.53. The Bertz CT molecular complexity index is 729. The van der Waals surface area contributed by atoms with Gasteiger partial charge in [-0.05, 0) is 55.8 Å². The Morgan fingerprint density at radius 3 is 2.43 bits per heavy atom. The van der Waals surface area contributed by atoms with E-state index >= 15 is 0 Å². The third-order valence-electron chi connectivity index (χ3n) is 3.24. The number of nitrogens with one attached hydrogen (secondary N) is 1. The number of nitrogens with two attached hydrogens (primary N) is 1. The van der Waals surface area contributed by atoms with E-state index < -0.39 is 18.0 Å². The number of benzene rings is 2. The van der Waals surface area contributed by atoms with Crippen molar-refractivity contribution in [1.29, 1.82) is 0 Å². The van der Waals surface area contributed by atoms with E-state index in [9.17, 15) is 9.59 Å². The summed E-state index contributed by atoms with van der Waals surface area (Å²) in [7, 11) is 0. The number of carbonyl (C=O) groups is 2. The van der Waals surface area contributed by atoms with Crippen molar-refractivity contribution in [3.05, 3.63) is 58.6 Å². The average molecular weight is 333 g/mol. The maximum Gasteiger partial charge on any atom is 0.338 e. The van der Waals surface area contributed by atoms with Crippen molar-refractivity contribution in [3.63, 3.8) is 0 Å². The molecule has 2 aromatic rings. The number of esters is 1. The summed E-state index contributed by atoms with van der Waals surface area (Å²) >= 11 is 6.01. The fraction of sp³-hybridized carbons (Fsp3) is 0.176. The molecule has 120 valence electrons. The summed E-state index contributed by atoms with van der Waals surface area (Å²) in [6.07, 6.45) is -0.944. The van der Waals surface area contributed by atoms with Crippen LogP contribution in [-0.4, -0.2) is 18.0 Å². The van der Waals surface area contributed by atoms with Crippen LogP contribution < -0.4 is 11.1 Å². The minimum atomic E-state index is -0.944. The molecule has 23 heavy (non-hydrogen) atoms. The van der Waals surface area contributed by atoms with Crippen LogP contribution in [0.1, 0.15) is 22.8 Å². The Hall–Kier alpha value is -2.53. The zero-order valence-corrected chi connectivity index (χ0v) is 13.6. The van der Waals surface area contributed by atoms with Crippen LogP contribution in [0.3, 0.4) is 0 Å². The predicted molar refractivity (Wildman–Crippen MR) is 90.6 cm³/mol. The van der Waals surface area contributed by atoms with E-state index in [2.05, 4.69) is 5.32 Å². The van der Waals surface area contributed by atoms with Gasteiger partial charge in [0.2, 0.25) is 0 Å². The number of amides is 1. The number of anilines is 2.